The predicted octanol–water partition coefficient (Wildman–Crippen LogP) is 13.6. The lowest BCUT2D eigenvalue weighted by atomic mass is 10.0. The molecule has 12 aromatic rings. The van der Waals surface area contributed by atoms with Crippen LogP contribution in [-0.2, 0) is 0 Å². The van der Waals surface area contributed by atoms with E-state index in [0.29, 0.717) is 17.5 Å². The molecule has 0 N–H and O–H groups in total. The van der Waals surface area contributed by atoms with Crippen LogP contribution in [0, 0.1) is 0 Å². The average molecular weight is 766 g/mol. The second-order valence-corrected chi connectivity index (χ2v) is 16.1. The standard InChI is InChI=1S/C49H27N5OS2/c1-3-13-28(14-4-1)42-45-43(34-18-8-10-24-39(34)56-45)51-49(50-42)36-21-11-19-32-31-26-25-30(27-40(31)57-44(32)36)47-52-46(29-15-5-2-6-16-29)53-48(54-47)35-20-12-23-38-41(35)33-17-7-9-22-37(33)55-38/h1-27H. The van der Waals surface area contributed by atoms with Crippen LogP contribution in [0.3, 0.4) is 0 Å². The zero-order valence-corrected chi connectivity index (χ0v) is 31.7. The molecule has 0 atom stereocenters. The highest BCUT2D eigenvalue weighted by molar-refractivity contribution is 7.26. The molecule has 8 heteroatoms. The van der Waals surface area contributed by atoms with Gasteiger partial charge in [-0.3, -0.25) is 0 Å². The van der Waals surface area contributed by atoms with Gasteiger partial charge in [-0.25, -0.2) is 24.9 Å². The van der Waals surface area contributed by atoms with Gasteiger partial charge in [-0.05, 0) is 30.3 Å². The van der Waals surface area contributed by atoms with Crippen molar-refractivity contribution in [2.45, 2.75) is 0 Å². The number of nitrogens with zero attached hydrogens (tertiary/aromatic N) is 5. The van der Waals surface area contributed by atoms with Gasteiger partial charge in [0.2, 0.25) is 0 Å². The maximum atomic E-state index is 6.25. The van der Waals surface area contributed by atoms with Crippen molar-refractivity contribution < 1.29 is 4.42 Å². The summed E-state index contributed by atoms with van der Waals surface area (Å²) >= 11 is 3.50. The van der Waals surface area contributed by atoms with Crippen LogP contribution in [0.2, 0.25) is 0 Å². The predicted molar refractivity (Wildman–Crippen MR) is 236 cm³/mol. The first-order valence-corrected chi connectivity index (χ1v) is 20.3. The topological polar surface area (TPSA) is 77.6 Å². The Morgan fingerprint density at radius 1 is 0.368 bits per heavy atom. The highest BCUT2D eigenvalue weighted by atomic mass is 32.1. The van der Waals surface area contributed by atoms with Crippen molar-refractivity contribution in [3.8, 4) is 56.8 Å². The van der Waals surface area contributed by atoms with Gasteiger partial charge >= 0.3 is 0 Å². The lowest BCUT2D eigenvalue weighted by molar-refractivity contribution is 0.669. The zero-order chi connectivity index (χ0) is 37.5. The van der Waals surface area contributed by atoms with Gasteiger partial charge in [-0.2, -0.15) is 0 Å². The van der Waals surface area contributed by atoms with E-state index in [0.717, 1.165) is 91.7 Å². The third-order valence-corrected chi connectivity index (χ3v) is 12.9. The number of aromatic nitrogens is 5. The molecule has 5 aromatic heterocycles. The number of hydrogen-bond donors (Lipinski definition) is 0. The normalized spacial score (nSPS) is 11.9. The van der Waals surface area contributed by atoms with Crippen molar-refractivity contribution in [3.05, 3.63) is 164 Å². The van der Waals surface area contributed by atoms with E-state index in [9.17, 15) is 0 Å². The average Bonchev–Trinajstić information content (AvgIpc) is 3.97. The first-order chi connectivity index (χ1) is 28.2. The first kappa shape index (κ1) is 32.1. The second kappa shape index (κ2) is 12.7. The largest absolute Gasteiger partial charge is 0.456 e. The Balaban J connectivity index is 1.04. The lowest BCUT2D eigenvalue weighted by Crippen LogP contribution is -2.00. The lowest BCUT2D eigenvalue weighted by Gasteiger charge is -2.09. The van der Waals surface area contributed by atoms with Gasteiger partial charge in [0.15, 0.2) is 23.3 Å². The van der Waals surface area contributed by atoms with Gasteiger partial charge in [0, 0.05) is 68.8 Å². The molecule has 12 rings (SSSR count). The molecule has 266 valence electrons. The molecule has 0 aliphatic carbocycles. The molecule has 57 heavy (non-hydrogen) atoms. The maximum absolute atomic E-state index is 6.25. The Bertz CT molecular complexity index is 3540. The number of hydrogen-bond acceptors (Lipinski definition) is 8. The first-order valence-electron chi connectivity index (χ1n) is 18.7. The molecule has 0 bridgehead atoms. The van der Waals surface area contributed by atoms with Crippen LogP contribution in [-0.4, -0.2) is 24.9 Å². The van der Waals surface area contributed by atoms with Crippen LogP contribution in [0.15, 0.2) is 168 Å². The molecule has 6 nitrogen and oxygen atoms in total. The van der Waals surface area contributed by atoms with E-state index in [4.69, 9.17) is 29.3 Å². The Labute approximate surface area is 333 Å². The Hall–Kier alpha value is -7.13. The third kappa shape index (κ3) is 5.19. The van der Waals surface area contributed by atoms with Crippen molar-refractivity contribution in [3.63, 3.8) is 0 Å². The fraction of sp³-hybridized carbons (Fsp3) is 0. The number of furan rings is 1. The number of fused-ring (bicyclic) bond motifs is 9. The van der Waals surface area contributed by atoms with Crippen LogP contribution >= 0.6 is 22.7 Å². The maximum Gasteiger partial charge on any atom is 0.164 e. The number of benzene rings is 7. The van der Waals surface area contributed by atoms with Gasteiger partial charge in [0.1, 0.15) is 11.2 Å². The van der Waals surface area contributed by atoms with Crippen molar-refractivity contribution in [2.75, 3.05) is 0 Å². The molecule has 0 radical (unpaired) electrons. The zero-order valence-electron chi connectivity index (χ0n) is 30.0. The Kier molecular flexibility index (Phi) is 7.17. The highest BCUT2D eigenvalue weighted by Crippen LogP contribution is 2.44. The van der Waals surface area contributed by atoms with Gasteiger partial charge in [0.05, 0.1) is 15.9 Å². The summed E-state index contributed by atoms with van der Waals surface area (Å²) in [7, 11) is 0. The smallest absolute Gasteiger partial charge is 0.164 e. The van der Waals surface area contributed by atoms with Crippen LogP contribution < -0.4 is 0 Å². The highest BCUT2D eigenvalue weighted by Gasteiger charge is 2.21. The minimum atomic E-state index is 0.595. The Morgan fingerprint density at radius 2 is 1.00 bits per heavy atom. The quantitative estimate of drug-likeness (QED) is 0.174. The van der Waals surface area contributed by atoms with Gasteiger partial charge in [-0.1, -0.05) is 133 Å². The molecule has 0 saturated carbocycles. The van der Waals surface area contributed by atoms with Gasteiger partial charge < -0.3 is 4.42 Å². The van der Waals surface area contributed by atoms with Gasteiger partial charge in [-0.15, -0.1) is 22.7 Å². The van der Waals surface area contributed by atoms with E-state index in [2.05, 4.69) is 97.1 Å². The van der Waals surface area contributed by atoms with Crippen LogP contribution in [0.5, 0.6) is 0 Å². The third-order valence-electron chi connectivity index (χ3n) is 10.6. The molecule has 0 unspecified atom stereocenters. The molecule has 0 aliphatic rings. The molecule has 0 amide bonds. The monoisotopic (exact) mass is 765 g/mol. The van der Waals surface area contributed by atoms with Crippen molar-refractivity contribution >= 4 is 85.1 Å². The van der Waals surface area contributed by atoms with Crippen LogP contribution in [0.1, 0.15) is 0 Å². The van der Waals surface area contributed by atoms with Crippen LogP contribution in [0.4, 0.5) is 0 Å². The van der Waals surface area contributed by atoms with E-state index in [1.54, 1.807) is 22.7 Å². The molecule has 0 spiro atoms. The molecule has 5 heterocycles. The van der Waals surface area contributed by atoms with Crippen molar-refractivity contribution in [1.82, 2.24) is 24.9 Å². The molecular weight excluding hydrogens is 739 g/mol. The number of rotatable bonds is 5. The molecular formula is C49H27N5OS2. The SMILES string of the molecule is c1ccc(-c2nc(-c3ccc4c(c3)sc3c(-c5nc(-c6ccccc6)c6sc7ccccc7c6n5)cccc34)nc(-c3cccc4oc5ccccc5c34)n2)cc1. The summed E-state index contributed by atoms with van der Waals surface area (Å²) in [5.41, 5.74) is 8.39. The van der Waals surface area contributed by atoms with E-state index in [1.807, 2.05) is 66.7 Å². The fourth-order valence-corrected chi connectivity index (χ4v) is 10.3. The minimum Gasteiger partial charge on any atom is -0.456 e. The van der Waals surface area contributed by atoms with Crippen molar-refractivity contribution in [1.29, 1.82) is 0 Å². The van der Waals surface area contributed by atoms with E-state index in [-0.39, 0.29) is 0 Å². The van der Waals surface area contributed by atoms with Crippen LogP contribution in [0.25, 0.3) is 119 Å². The number of para-hydroxylation sites is 1. The van der Waals surface area contributed by atoms with E-state index >= 15 is 0 Å². The summed E-state index contributed by atoms with van der Waals surface area (Å²) in [5.74, 6) is 2.53. The summed E-state index contributed by atoms with van der Waals surface area (Å²) in [5, 5.41) is 5.50. The fourth-order valence-electron chi connectivity index (χ4n) is 7.92. The molecule has 0 fully saturated rings. The summed E-state index contributed by atoms with van der Waals surface area (Å²) in [6.45, 7) is 0. The van der Waals surface area contributed by atoms with E-state index < -0.39 is 0 Å². The van der Waals surface area contributed by atoms with Crippen molar-refractivity contribution in [2.24, 2.45) is 0 Å². The summed E-state index contributed by atoms with van der Waals surface area (Å²) in [6.07, 6.45) is 0. The summed E-state index contributed by atoms with van der Waals surface area (Å²) < 4.78 is 10.8. The molecule has 0 aliphatic heterocycles. The second-order valence-electron chi connectivity index (χ2n) is 14.0. The minimum absolute atomic E-state index is 0.595. The summed E-state index contributed by atoms with van der Waals surface area (Å²) in [4.78, 5) is 25.9. The van der Waals surface area contributed by atoms with Gasteiger partial charge in [0.25, 0.3) is 0 Å². The van der Waals surface area contributed by atoms with E-state index in [1.165, 1.54) is 10.1 Å². The molecule has 0 saturated heterocycles. The number of thiophene rings is 2. The molecule has 7 aromatic carbocycles. The summed E-state index contributed by atoms with van der Waals surface area (Å²) in [6, 6.07) is 56.2. The Morgan fingerprint density at radius 3 is 1.86 bits per heavy atom.